The highest BCUT2D eigenvalue weighted by molar-refractivity contribution is 7.15. The Morgan fingerprint density at radius 1 is 1.02 bits per heavy atom. The number of imidazole rings is 1. The highest BCUT2D eigenvalue weighted by Crippen LogP contribution is 2.42. The number of aromatic amines is 1. The van der Waals surface area contributed by atoms with Gasteiger partial charge in [0, 0.05) is 24.6 Å². The number of rotatable bonds is 5. The monoisotopic (exact) mass is 548 g/mol. The Labute approximate surface area is 236 Å². The third-order valence-electron chi connectivity index (χ3n) is 8.10. The van der Waals surface area contributed by atoms with Gasteiger partial charge in [-0.05, 0) is 72.6 Å². The Morgan fingerprint density at radius 2 is 1.82 bits per heavy atom. The number of nitrogens with zero attached hydrogens (tertiary/aromatic N) is 3. The molecule has 0 spiro atoms. The molecule has 1 atom stereocenters. The molecule has 1 saturated heterocycles. The number of halogens is 1. The van der Waals surface area contributed by atoms with Gasteiger partial charge in [-0.3, -0.25) is 4.79 Å². The van der Waals surface area contributed by atoms with Crippen molar-refractivity contribution in [3.05, 3.63) is 106 Å². The number of thiazole rings is 1. The lowest BCUT2D eigenvalue weighted by molar-refractivity contribution is 0.0606. The minimum absolute atomic E-state index is 0.0329. The highest BCUT2D eigenvalue weighted by Gasteiger charge is 2.32. The van der Waals surface area contributed by atoms with Gasteiger partial charge in [-0.1, -0.05) is 54.6 Å². The summed E-state index contributed by atoms with van der Waals surface area (Å²) < 4.78 is 13.6. The van der Waals surface area contributed by atoms with Crippen molar-refractivity contribution >= 4 is 17.2 Å². The molecule has 0 saturated carbocycles. The number of hydrogen-bond donors (Lipinski definition) is 1. The summed E-state index contributed by atoms with van der Waals surface area (Å²) in [6, 6.07) is 21.4. The molecule has 3 aromatic carbocycles. The number of piperidine rings is 1. The van der Waals surface area contributed by atoms with Crippen LogP contribution in [0.15, 0.2) is 72.9 Å². The summed E-state index contributed by atoms with van der Waals surface area (Å²) in [5.41, 5.74) is 8.73. The lowest BCUT2D eigenvalue weighted by Gasteiger charge is -2.35. The Bertz CT molecular complexity index is 1720. The van der Waals surface area contributed by atoms with Crippen molar-refractivity contribution in [1.82, 2.24) is 19.9 Å². The average Bonchev–Trinajstić information content (AvgIpc) is 3.70. The van der Waals surface area contributed by atoms with Crippen LogP contribution in [0, 0.1) is 12.7 Å². The first-order valence-corrected chi connectivity index (χ1v) is 14.7. The first-order valence-electron chi connectivity index (χ1n) is 13.8. The molecular formula is C33H29FN4OS. The number of carbonyl (C=O) groups is 1. The molecule has 40 heavy (non-hydrogen) atoms. The predicted molar refractivity (Wildman–Crippen MR) is 157 cm³/mol. The molecule has 7 heteroatoms. The van der Waals surface area contributed by atoms with E-state index in [0.29, 0.717) is 18.7 Å². The van der Waals surface area contributed by atoms with Crippen LogP contribution in [0.3, 0.4) is 0 Å². The van der Waals surface area contributed by atoms with E-state index < -0.39 is 0 Å². The van der Waals surface area contributed by atoms with Crippen molar-refractivity contribution in [2.45, 2.75) is 45.1 Å². The molecule has 2 aromatic heterocycles. The van der Waals surface area contributed by atoms with Crippen LogP contribution in [-0.2, 0) is 12.8 Å². The summed E-state index contributed by atoms with van der Waals surface area (Å²) in [5, 5.41) is 0.823. The van der Waals surface area contributed by atoms with E-state index in [9.17, 15) is 9.18 Å². The number of fused-ring (bicyclic) bond motifs is 3. The van der Waals surface area contributed by atoms with E-state index in [4.69, 9.17) is 4.98 Å². The molecule has 200 valence electrons. The van der Waals surface area contributed by atoms with E-state index in [-0.39, 0.29) is 17.8 Å². The van der Waals surface area contributed by atoms with Gasteiger partial charge >= 0.3 is 0 Å². The van der Waals surface area contributed by atoms with E-state index >= 15 is 0 Å². The summed E-state index contributed by atoms with van der Waals surface area (Å²) in [5.74, 6) is 0.533. The third-order valence-corrected chi connectivity index (χ3v) is 9.12. The lowest BCUT2D eigenvalue weighted by Crippen LogP contribution is -2.45. The van der Waals surface area contributed by atoms with E-state index in [1.807, 2.05) is 18.0 Å². The number of nitrogens with one attached hydrogen (secondary N) is 1. The predicted octanol–water partition coefficient (Wildman–Crippen LogP) is 7.46. The quantitative estimate of drug-likeness (QED) is 0.243. The molecule has 2 aliphatic rings. The van der Waals surface area contributed by atoms with Crippen molar-refractivity contribution in [3.63, 3.8) is 0 Å². The maximum absolute atomic E-state index is 13.9. The molecule has 5 nitrogen and oxygen atoms in total. The first-order chi connectivity index (χ1) is 19.5. The van der Waals surface area contributed by atoms with Crippen LogP contribution in [0.5, 0.6) is 0 Å². The minimum Gasteiger partial charge on any atom is -0.342 e. The van der Waals surface area contributed by atoms with Gasteiger partial charge in [0.25, 0.3) is 5.91 Å². The van der Waals surface area contributed by atoms with Crippen molar-refractivity contribution in [2.75, 3.05) is 6.54 Å². The summed E-state index contributed by atoms with van der Waals surface area (Å²) in [7, 11) is 0. The largest absolute Gasteiger partial charge is 0.342 e. The number of H-pyrrole nitrogens is 1. The number of aryl methyl sites for hydroxylation is 1. The van der Waals surface area contributed by atoms with Gasteiger partial charge in [0.05, 0.1) is 21.8 Å². The second kappa shape index (κ2) is 10.1. The summed E-state index contributed by atoms with van der Waals surface area (Å²) in [6.45, 7) is 2.60. The molecule has 1 aliphatic carbocycles. The number of likely N-dealkylation sites (tertiary alicyclic amines) is 1. The van der Waals surface area contributed by atoms with Gasteiger partial charge in [-0.2, -0.15) is 0 Å². The van der Waals surface area contributed by atoms with Gasteiger partial charge < -0.3 is 9.88 Å². The standard InChI is InChI=1S/C33H29FN4OS/c1-20-36-31(32(40-20)21-12-14-24(34)15-13-21)33(39)38-16-5-4-9-25(38)18-29-35-19-28(37-29)27-11-6-8-23-17-22-7-2-3-10-26(22)30(23)27/h2-3,6-8,10-15,19,25H,4-5,9,16-18H2,1H3,(H,35,37). The fourth-order valence-electron chi connectivity index (χ4n) is 6.22. The topological polar surface area (TPSA) is 61.9 Å². The molecule has 0 bridgehead atoms. The Hall–Kier alpha value is -4.10. The summed E-state index contributed by atoms with van der Waals surface area (Å²) in [6.07, 6.45) is 6.51. The zero-order chi connectivity index (χ0) is 27.2. The summed E-state index contributed by atoms with van der Waals surface area (Å²) in [4.78, 5) is 29.7. The van der Waals surface area contributed by atoms with Crippen molar-refractivity contribution in [2.24, 2.45) is 0 Å². The van der Waals surface area contributed by atoms with Gasteiger partial charge in [0.1, 0.15) is 17.3 Å². The zero-order valence-electron chi connectivity index (χ0n) is 22.3. The minimum atomic E-state index is -0.295. The molecule has 1 unspecified atom stereocenters. The smallest absolute Gasteiger partial charge is 0.274 e. The van der Waals surface area contributed by atoms with Crippen LogP contribution < -0.4 is 0 Å². The number of aromatic nitrogens is 3. The van der Waals surface area contributed by atoms with Crippen LogP contribution in [0.4, 0.5) is 4.39 Å². The van der Waals surface area contributed by atoms with Crippen LogP contribution >= 0.6 is 11.3 Å². The fourth-order valence-corrected chi connectivity index (χ4v) is 7.14. The van der Waals surface area contributed by atoms with Crippen LogP contribution in [-0.4, -0.2) is 38.3 Å². The van der Waals surface area contributed by atoms with Crippen LogP contribution in [0.25, 0.3) is 32.8 Å². The molecule has 1 N–H and O–H groups in total. The first kappa shape index (κ1) is 24.9. The maximum Gasteiger partial charge on any atom is 0.274 e. The van der Waals surface area contributed by atoms with Crippen molar-refractivity contribution in [1.29, 1.82) is 0 Å². The fraction of sp³-hybridized carbons (Fsp3) is 0.242. The van der Waals surface area contributed by atoms with Crippen LogP contribution in [0.1, 0.15) is 51.7 Å². The van der Waals surface area contributed by atoms with E-state index in [2.05, 4.69) is 52.4 Å². The van der Waals surface area contributed by atoms with E-state index in [1.54, 1.807) is 12.1 Å². The summed E-state index contributed by atoms with van der Waals surface area (Å²) >= 11 is 1.48. The Balaban J connectivity index is 1.16. The molecule has 1 fully saturated rings. The Kier molecular flexibility index (Phi) is 6.31. The highest BCUT2D eigenvalue weighted by atomic mass is 32.1. The number of carbonyl (C=O) groups excluding carboxylic acids is 1. The normalized spacial score (nSPS) is 16.1. The second-order valence-electron chi connectivity index (χ2n) is 10.7. The molecule has 5 aromatic rings. The van der Waals surface area contributed by atoms with Crippen molar-refractivity contribution in [3.8, 4) is 32.8 Å². The number of amides is 1. The zero-order valence-corrected chi connectivity index (χ0v) is 23.1. The molecular weight excluding hydrogens is 519 g/mol. The van der Waals surface area contributed by atoms with E-state index in [1.165, 1.54) is 51.3 Å². The molecule has 0 radical (unpaired) electrons. The molecule has 1 aliphatic heterocycles. The number of benzene rings is 3. The second-order valence-corrected chi connectivity index (χ2v) is 11.9. The molecule has 3 heterocycles. The maximum atomic E-state index is 13.9. The third kappa shape index (κ3) is 4.44. The van der Waals surface area contributed by atoms with Gasteiger partial charge in [-0.15, -0.1) is 11.3 Å². The Morgan fingerprint density at radius 3 is 2.70 bits per heavy atom. The van der Waals surface area contributed by atoms with Gasteiger partial charge in [-0.25, -0.2) is 14.4 Å². The molecule has 7 rings (SSSR count). The average molecular weight is 549 g/mol. The molecule has 1 amide bonds. The van der Waals surface area contributed by atoms with E-state index in [0.717, 1.165) is 52.6 Å². The van der Waals surface area contributed by atoms with Gasteiger partial charge in [0.15, 0.2) is 0 Å². The van der Waals surface area contributed by atoms with Gasteiger partial charge in [0.2, 0.25) is 0 Å². The van der Waals surface area contributed by atoms with Crippen LogP contribution in [0.2, 0.25) is 0 Å². The SMILES string of the molecule is Cc1nc(C(=O)N2CCCCC2Cc2ncc(-c3cccc4c3-c3ccccc3C4)[nH]2)c(-c2ccc(F)cc2)s1. The lowest BCUT2D eigenvalue weighted by atomic mass is 9.97. The number of hydrogen-bond acceptors (Lipinski definition) is 4. The van der Waals surface area contributed by atoms with Crippen molar-refractivity contribution < 1.29 is 9.18 Å².